The van der Waals surface area contributed by atoms with Gasteiger partial charge in [-0.15, -0.1) is 30.0 Å². The molecule has 1 unspecified atom stereocenters. The standard InChI is InChI=1S/C21H17F3N4O6S/c1-11(12-2-4-13(5-3-12)34-21(22,23)24)25-18(30)9-28-19(31)15-7-6-14(8-16(15)26-27-28)35-10-17(29)20(32)33/h2-8,11H,9-10H2,1H3,(H,25,30)(H,32,33). The van der Waals surface area contributed by atoms with Gasteiger partial charge in [-0.1, -0.05) is 17.3 Å². The van der Waals surface area contributed by atoms with E-state index in [2.05, 4.69) is 20.4 Å². The molecule has 0 saturated carbocycles. The zero-order valence-corrected chi connectivity index (χ0v) is 18.7. The molecule has 1 heterocycles. The summed E-state index contributed by atoms with van der Waals surface area (Å²) in [5, 5.41) is 19.1. The maximum absolute atomic E-state index is 12.7. The van der Waals surface area contributed by atoms with E-state index >= 15 is 0 Å². The molecule has 35 heavy (non-hydrogen) atoms. The molecule has 0 radical (unpaired) electrons. The second-order valence-corrected chi connectivity index (χ2v) is 8.20. The smallest absolute Gasteiger partial charge is 0.475 e. The molecule has 14 heteroatoms. The number of ketones is 1. The van der Waals surface area contributed by atoms with Gasteiger partial charge in [0.15, 0.2) is 0 Å². The highest BCUT2D eigenvalue weighted by molar-refractivity contribution is 8.00. The minimum absolute atomic E-state index is 0.162. The van der Waals surface area contributed by atoms with E-state index in [1.165, 1.54) is 30.3 Å². The van der Waals surface area contributed by atoms with Gasteiger partial charge in [0.05, 0.1) is 17.2 Å². The fraction of sp³-hybridized carbons (Fsp3) is 0.238. The summed E-state index contributed by atoms with van der Waals surface area (Å²) in [6.45, 7) is 1.16. The predicted molar refractivity (Wildman–Crippen MR) is 117 cm³/mol. The number of nitrogens with one attached hydrogen (secondary N) is 1. The molecule has 0 aliphatic rings. The van der Waals surface area contributed by atoms with Gasteiger partial charge in [-0.05, 0) is 42.8 Å². The van der Waals surface area contributed by atoms with Crippen LogP contribution in [0.3, 0.4) is 0 Å². The highest BCUT2D eigenvalue weighted by Gasteiger charge is 2.31. The van der Waals surface area contributed by atoms with Crippen molar-refractivity contribution in [2.45, 2.75) is 30.8 Å². The Bertz CT molecular complexity index is 1330. The number of Topliss-reactive ketones (excluding diaryl/α,β-unsaturated/α-hetero) is 1. The molecule has 0 saturated heterocycles. The number of hydrogen-bond donors (Lipinski definition) is 2. The molecule has 0 spiro atoms. The Hall–Kier alpha value is -3.94. The number of halogens is 3. The summed E-state index contributed by atoms with van der Waals surface area (Å²) in [5.41, 5.74) is 0.120. The number of carbonyl (C=O) groups is 3. The van der Waals surface area contributed by atoms with Gasteiger partial charge in [0.25, 0.3) is 5.56 Å². The number of carboxylic acid groups (broad SMARTS) is 1. The number of thioether (sulfide) groups is 1. The van der Waals surface area contributed by atoms with Crippen LogP contribution in [0, 0.1) is 0 Å². The Labute approximate surface area is 199 Å². The molecule has 0 aliphatic carbocycles. The predicted octanol–water partition coefficient (Wildman–Crippen LogP) is 2.31. The SMILES string of the molecule is CC(NC(=O)Cn1nnc2cc(SCC(=O)C(=O)O)ccc2c1=O)c1ccc(OC(F)(F)F)cc1. The molecule has 1 atom stereocenters. The van der Waals surface area contributed by atoms with Crippen LogP contribution in [0.25, 0.3) is 10.9 Å². The molecule has 2 aromatic carbocycles. The van der Waals surface area contributed by atoms with Crippen molar-refractivity contribution in [2.24, 2.45) is 0 Å². The second kappa shape index (κ2) is 10.5. The largest absolute Gasteiger partial charge is 0.573 e. The number of benzene rings is 2. The molecule has 1 amide bonds. The molecule has 3 aromatic rings. The molecule has 0 bridgehead atoms. The minimum atomic E-state index is -4.81. The number of aliphatic carboxylic acids is 1. The first kappa shape index (κ1) is 25.7. The Morgan fingerprint density at radius 3 is 2.49 bits per heavy atom. The van der Waals surface area contributed by atoms with Gasteiger partial charge in [-0.3, -0.25) is 14.4 Å². The number of fused-ring (bicyclic) bond motifs is 1. The molecule has 10 nitrogen and oxygen atoms in total. The lowest BCUT2D eigenvalue weighted by Crippen LogP contribution is -2.35. The van der Waals surface area contributed by atoms with Crippen molar-refractivity contribution in [3.05, 3.63) is 58.4 Å². The summed E-state index contributed by atoms with van der Waals surface area (Å²) in [6.07, 6.45) is -4.81. The number of rotatable bonds is 9. The number of amides is 1. The van der Waals surface area contributed by atoms with E-state index in [1.807, 2.05) is 0 Å². The number of nitrogens with zero attached hydrogens (tertiary/aromatic N) is 3. The normalized spacial score (nSPS) is 12.2. The van der Waals surface area contributed by atoms with E-state index in [4.69, 9.17) is 5.11 Å². The molecular formula is C21H17F3N4O6S. The number of aromatic nitrogens is 3. The van der Waals surface area contributed by atoms with E-state index in [9.17, 15) is 32.3 Å². The summed E-state index contributed by atoms with van der Waals surface area (Å²) >= 11 is 0.966. The quantitative estimate of drug-likeness (QED) is 0.328. The number of alkyl halides is 3. The van der Waals surface area contributed by atoms with Gasteiger partial charge >= 0.3 is 12.3 Å². The van der Waals surface area contributed by atoms with Crippen LogP contribution in [0.1, 0.15) is 18.5 Å². The second-order valence-electron chi connectivity index (χ2n) is 7.15. The van der Waals surface area contributed by atoms with Crippen LogP contribution in [0.5, 0.6) is 5.75 Å². The van der Waals surface area contributed by atoms with Gasteiger partial charge in [0, 0.05) is 4.90 Å². The van der Waals surface area contributed by atoms with Crippen molar-refractivity contribution in [2.75, 3.05) is 5.75 Å². The average molecular weight is 510 g/mol. The minimum Gasteiger partial charge on any atom is -0.475 e. The fourth-order valence-electron chi connectivity index (χ4n) is 2.93. The molecule has 0 fully saturated rings. The van der Waals surface area contributed by atoms with Crippen molar-refractivity contribution in [1.82, 2.24) is 20.3 Å². The maximum Gasteiger partial charge on any atom is 0.573 e. The van der Waals surface area contributed by atoms with Gasteiger partial charge < -0.3 is 15.2 Å². The lowest BCUT2D eigenvalue weighted by atomic mass is 10.1. The summed E-state index contributed by atoms with van der Waals surface area (Å²) < 4.78 is 41.5. The van der Waals surface area contributed by atoms with Crippen molar-refractivity contribution in [3.63, 3.8) is 0 Å². The molecule has 2 N–H and O–H groups in total. The zero-order valence-electron chi connectivity index (χ0n) is 17.9. The first-order valence-electron chi connectivity index (χ1n) is 9.84. The van der Waals surface area contributed by atoms with Gasteiger partial charge in [-0.2, -0.15) is 0 Å². The summed E-state index contributed by atoms with van der Waals surface area (Å²) in [5.74, 6) is -3.78. The average Bonchev–Trinajstić information content (AvgIpc) is 2.78. The third-order valence-electron chi connectivity index (χ3n) is 4.59. The Morgan fingerprint density at radius 2 is 1.86 bits per heavy atom. The highest BCUT2D eigenvalue weighted by Crippen LogP contribution is 2.24. The van der Waals surface area contributed by atoms with E-state index in [1.54, 1.807) is 6.92 Å². The van der Waals surface area contributed by atoms with Crippen LogP contribution < -0.4 is 15.6 Å². The Kier molecular flexibility index (Phi) is 7.74. The number of carboxylic acids is 1. The monoisotopic (exact) mass is 510 g/mol. The summed E-state index contributed by atoms with van der Waals surface area (Å²) in [7, 11) is 0. The van der Waals surface area contributed by atoms with Crippen LogP contribution >= 0.6 is 11.8 Å². The summed E-state index contributed by atoms with van der Waals surface area (Å²) in [4.78, 5) is 47.4. The van der Waals surface area contributed by atoms with Gasteiger partial charge in [0.1, 0.15) is 17.8 Å². The Balaban J connectivity index is 1.65. The maximum atomic E-state index is 12.7. The number of ether oxygens (including phenoxy) is 1. The van der Waals surface area contributed by atoms with Gasteiger partial charge in [0.2, 0.25) is 11.7 Å². The van der Waals surface area contributed by atoms with E-state index in [-0.39, 0.29) is 16.7 Å². The first-order chi connectivity index (χ1) is 16.4. The molecule has 3 rings (SSSR count). The van der Waals surface area contributed by atoms with Crippen molar-refractivity contribution >= 4 is 40.3 Å². The number of hydrogen-bond acceptors (Lipinski definition) is 8. The fourth-order valence-corrected chi connectivity index (χ4v) is 3.71. The van der Waals surface area contributed by atoms with E-state index in [0.29, 0.717) is 10.5 Å². The first-order valence-corrected chi connectivity index (χ1v) is 10.8. The van der Waals surface area contributed by atoms with Crippen LogP contribution in [-0.2, 0) is 20.9 Å². The molecule has 0 aliphatic heterocycles. The lowest BCUT2D eigenvalue weighted by molar-refractivity contribution is -0.274. The van der Waals surface area contributed by atoms with Crippen molar-refractivity contribution < 1.29 is 37.4 Å². The lowest BCUT2D eigenvalue weighted by Gasteiger charge is -2.15. The third-order valence-corrected chi connectivity index (χ3v) is 5.58. The highest BCUT2D eigenvalue weighted by atomic mass is 32.2. The van der Waals surface area contributed by atoms with Gasteiger partial charge in [-0.25, -0.2) is 9.48 Å². The van der Waals surface area contributed by atoms with Crippen LogP contribution in [-0.4, -0.2) is 49.9 Å². The van der Waals surface area contributed by atoms with E-state index in [0.717, 1.165) is 28.6 Å². The molecular weight excluding hydrogens is 493 g/mol. The molecule has 184 valence electrons. The molecule has 1 aromatic heterocycles. The third kappa shape index (κ3) is 7.02. The number of carbonyl (C=O) groups excluding carboxylic acids is 2. The topological polar surface area (TPSA) is 140 Å². The van der Waals surface area contributed by atoms with Crippen LogP contribution in [0.4, 0.5) is 13.2 Å². The van der Waals surface area contributed by atoms with Crippen LogP contribution in [0.2, 0.25) is 0 Å². The van der Waals surface area contributed by atoms with Crippen LogP contribution in [0.15, 0.2) is 52.2 Å². The van der Waals surface area contributed by atoms with E-state index < -0.39 is 47.9 Å². The Morgan fingerprint density at radius 1 is 1.17 bits per heavy atom. The van der Waals surface area contributed by atoms with Crippen molar-refractivity contribution in [3.8, 4) is 5.75 Å². The van der Waals surface area contributed by atoms with Crippen molar-refractivity contribution in [1.29, 1.82) is 0 Å². The summed E-state index contributed by atoms with van der Waals surface area (Å²) in [6, 6.07) is 8.82. The zero-order chi connectivity index (χ0) is 25.8.